The van der Waals surface area contributed by atoms with Crippen LogP contribution >= 0.6 is 11.6 Å². The van der Waals surface area contributed by atoms with E-state index in [0.29, 0.717) is 17.6 Å². The second-order valence-corrected chi connectivity index (χ2v) is 13.2. The van der Waals surface area contributed by atoms with Gasteiger partial charge >= 0.3 is 0 Å². The van der Waals surface area contributed by atoms with Crippen molar-refractivity contribution >= 4 is 28.6 Å². The lowest BCUT2D eigenvalue weighted by molar-refractivity contribution is 0.547. The minimum Gasteiger partial charge on any atom is -0.313 e. The van der Waals surface area contributed by atoms with Crippen LogP contribution in [-0.2, 0) is 6.42 Å². The Labute approximate surface area is 285 Å². The molecule has 4 nitrogen and oxygen atoms in total. The molecule has 2 unspecified atom stereocenters. The van der Waals surface area contributed by atoms with Crippen LogP contribution in [0.15, 0.2) is 139 Å². The molecule has 48 heavy (non-hydrogen) atoms. The molecule has 3 aliphatic carbocycles. The molecule has 2 atom stereocenters. The number of hydrogen-bond acceptors (Lipinski definition) is 3. The zero-order valence-corrected chi connectivity index (χ0v) is 27.2. The normalized spacial score (nSPS) is 18.1. The van der Waals surface area contributed by atoms with Crippen molar-refractivity contribution in [1.29, 1.82) is 0 Å². The van der Waals surface area contributed by atoms with Crippen LogP contribution in [0.4, 0.5) is 0 Å². The molecule has 232 valence electrons. The molecule has 3 aliphatic rings. The Morgan fingerprint density at radius 3 is 2.31 bits per heavy atom. The summed E-state index contributed by atoms with van der Waals surface area (Å²) in [6.45, 7) is 0. The molecular formula is C43H33ClN4. The minimum absolute atomic E-state index is 0.118. The lowest BCUT2D eigenvalue weighted by Crippen LogP contribution is -2.16. The van der Waals surface area contributed by atoms with Crippen molar-refractivity contribution < 1.29 is 0 Å². The first kappa shape index (κ1) is 28.9. The predicted octanol–water partition coefficient (Wildman–Crippen LogP) is 11.0. The van der Waals surface area contributed by atoms with E-state index in [2.05, 4.69) is 108 Å². The molecule has 0 aliphatic heterocycles. The summed E-state index contributed by atoms with van der Waals surface area (Å²) in [4.78, 5) is 14.8. The molecule has 2 heterocycles. The van der Waals surface area contributed by atoms with Gasteiger partial charge in [0.1, 0.15) is 5.82 Å². The van der Waals surface area contributed by atoms with Crippen molar-refractivity contribution in [3.8, 4) is 39.6 Å². The van der Waals surface area contributed by atoms with Gasteiger partial charge < -0.3 is 4.57 Å². The molecule has 0 radical (unpaired) electrons. The zero-order valence-electron chi connectivity index (χ0n) is 26.4. The van der Waals surface area contributed by atoms with Gasteiger partial charge in [0.25, 0.3) is 0 Å². The van der Waals surface area contributed by atoms with Gasteiger partial charge in [0.15, 0.2) is 11.6 Å². The highest BCUT2D eigenvalue weighted by atomic mass is 35.5. The Balaban J connectivity index is 1.11. The molecule has 0 bridgehead atoms. The summed E-state index contributed by atoms with van der Waals surface area (Å²) in [6.07, 6.45) is 19.8. The lowest BCUT2D eigenvalue weighted by Gasteiger charge is -2.27. The zero-order chi connectivity index (χ0) is 32.0. The van der Waals surface area contributed by atoms with Crippen LogP contribution in [0, 0.1) is 5.92 Å². The van der Waals surface area contributed by atoms with Gasteiger partial charge in [0.05, 0.1) is 5.52 Å². The van der Waals surface area contributed by atoms with E-state index >= 15 is 0 Å². The third-order valence-corrected chi connectivity index (χ3v) is 10.2. The van der Waals surface area contributed by atoms with Crippen molar-refractivity contribution in [3.63, 3.8) is 0 Å². The SMILES string of the molecule is Clc1ccc(-n2c3c(c4ccccc42)C=C2C=CCCC2C3)cc1-c1ccc(-c2nc(-c3ccccc3)nc(C3C=CC=CC3)n2)cc1. The van der Waals surface area contributed by atoms with Gasteiger partial charge in [-0.15, -0.1) is 0 Å². The van der Waals surface area contributed by atoms with Crippen molar-refractivity contribution in [1.82, 2.24) is 19.5 Å². The summed E-state index contributed by atoms with van der Waals surface area (Å²) in [7, 11) is 0. The summed E-state index contributed by atoms with van der Waals surface area (Å²) in [5.41, 5.74) is 10.5. The molecule has 0 N–H and O–H groups in total. The van der Waals surface area contributed by atoms with Crippen LogP contribution in [0.2, 0.25) is 5.02 Å². The highest BCUT2D eigenvalue weighted by Crippen LogP contribution is 2.42. The van der Waals surface area contributed by atoms with Gasteiger partial charge in [-0.1, -0.05) is 121 Å². The molecule has 0 fully saturated rings. The number of rotatable bonds is 5. The van der Waals surface area contributed by atoms with Gasteiger partial charge in [-0.3, -0.25) is 0 Å². The maximum Gasteiger partial charge on any atom is 0.163 e. The van der Waals surface area contributed by atoms with Gasteiger partial charge in [-0.05, 0) is 73.1 Å². The number of hydrogen-bond donors (Lipinski definition) is 0. The van der Waals surface area contributed by atoms with E-state index < -0.39 is 0 Å². The van der Waals surface area contributed by atoms with Gasteiger partial charge in [0, 0.05) is 50.0 Å². The summed E-state index contributed by atoms with van der Waals surface area (Å²) in [6, 6.07) is 33.8. The number of benzene rings is 4. The van der Waals surface area contributed by atoms with Crippen molar-refractivity contribution in [2.45, 2.75) is 31.6 Å². The Bertz CT molecular complexity index is 2310. The van der Waals surface area contributed by atoms with Crippen LogP contribution in [0.1, 0.15) is 42.3 Å². The molecule has 0 amide bonds. The molecule has 6 aromatic rings. The largest absolute Gasteiger partial charge is 0.313 e. The van der Waals surface area contributed by atoms with E-state index in [0.717, 1.165) is 58.1 Å². The van der Waals surface area contributed by atoms with Crippen LogP contribution in [-0.4, -0.2) is 19.5 Å². The monoisotopic (exact) mass is 640 g/mol. The maximum atomic E-state index is 6.93. The number of halogens is 1. The molecule has 0 saturated heterocycles. The average molecular weight is 641 g/mol. The highest BCUT2D eigenvalue weighted by Gasteiger charge is 2.27. The van der Waals surface area contributed by atoms with Gasteiger partial charge in [-0.25, -0.2) is 15.0 Å². The molecule has 5 heteroatoms. The highest BCUT2D eigenvalue weighted by molar-refractivity contribution is 6.33. The first-order valence-corrected chi connectivity index (χ1v) is 17.1. The van der Waals surface area contributed by atoms with E-state index in [1.54, 1.807) is 0 Å². The van der Waals surface area contributed by atoms with Crippen molar-refractivity contribution in [3.05, 3.63) is 161 Å². The third kappa shape index (κ3) is 5.14. The van der Waals surface area contributed by atoms with Crippen LogP contribution in [0.25, 0.3) is 56.6 Å². The summed E-state index contributed by atoms with van der Waals surface area (Å²) in [5.74, 6) is 2.82. The predicted molar refractivity (Wildman–Crippen MR) is 197 cm³/mol. The van der Waals surface area contributed by atoms with E-state index in [1.165, 1.54) is 34.2 Å². The van der Waals surface area contributed by atoms with E-state index in [4.69, 9.17) is 26.6 Å². The number of para-hydroxylation sites is 1. The molecule has 0 spiro atoms. The number of aromatic nitrogens is 4. The first-order valence-electron chi connectivity index (χ1n) is 16.8. The number of fused-ring (bicyclic) bond motifs is 4. The van der Waals surface area contributed by atoms with E-state index in [9.17, 15) is 0 Å². The van der Waals surface area contributed by atoms with Crippen LogP contribution < -0.4 is 0 Å². The molecule has 4 aromatic carbocycles. The topological polar surface area (TPSA) is 43.6 Å². The maximum absolute atomic E-state index is 6.93. The van der Waals surface area contributed by atoms with E-state index in [-0.39, 0.29) is 5.92 Å². The first-order chi connectivity index (χ1) is 23.7. The smallest absolute Gasteiger partial charge is 0.163 e. The second kappa shape index (κ2) is 12.0. The lowest BCUT2D eigenvalue weighted by atomic mass is 9.80. The van der Waals surface area contributed by atoms with Gasteiger partial charge in [-0.2, -0.15) is 0 Å². The number of nitrogens with zero attached hydrogens (tertiary/aromatic N) is 4. The minimum atomic E-state index is 0.118. The standard InChI is InChI=1S/C43H33ClN4/c44-38-24-23-34(48-39-18-10-9-17-35(39)37-25-32-15-7-8-16-33(32)26-40(37)48)27-36(38)28-19-21-31(22-20-28)43-46-41(29-11-3-1-4-12-29)45-42(47-43)30-13-5-2-6-14-30/h1-7,9-13,15,17-25,27,30,33H,8,14,16,26H2. The molecule has 0 saturated carbocycles. The fourth-order valence-corrected chi connectivity index (χ4v) is 7.66. The van der Waals surface area contributed by atoms with Gasteiger partial charge in [0.2, 0.25) is 0 Å². The average Bonchev–Trinajstić information content (AvgIpc) is 3.48. The summed E-state index contributed by atoms with van der Waals surface area (Å²) in [5, 5.41) is 2.02. The number of allylic oxidation sites excluding steroid dienone is 7. The fourth-order valence-electron chi connectivity index (χ4n) is 7.43. The Hall–Kier alpha value is -5.32. The van der Waals surface area contributed by atoms with Crippen molar-refractivity contribution in [2.24, 2.45) is 5.92 Å². The van der Waals surface area contributed by atoms with E-state index in [1.807, 2.05) is 36.4 Å². The Morgan fingerprint density at radius 1 is 0.729 bits per heavy atom. The van der Waals surface area contributed by atoms with Crippen LogP contribution in [0.3, 0.4) is 0 Å². The summed E-state index contributed by atoms with van der Waals surface area (Å²) < 4.78 is 2.46. The molecular weight excluding hydrogens is 608 g/mol. The Morgan fingerprint density at radius 2 is 1.50 bits per heavy atom. The third-order valence-electron chi connectivity index (χ3n) is 9.89. The Kier molecular flexibility index (Phi) is 7.24. The fraction of sp³-hybridized carbons (Fsp3) is 0.140. The van der Waals surface area contributed by atoms with Crippen molar-refractivity contribution in [2.75, 3.05) is 0 Å². The van der Waals surface area contributed by atoms with Crippen LogP contribution in [0.5, 0.6) is 0 Å². The second-order valence-electron chi connectivity index (χ2n) is 12.8. The summed E-state index contributed by atoms with van der Waals surface area (Å²) >= 11 is 6.93. The quantitative estimate of drug-likeness (QED) is 0.188. The molecule has 2 aromatic heterocycles. The molecule has 9 rings (SSSR count).